The lowest BCUT2D eigenvalue weighted by Gasteiger charge is -2.16. The van der Waals surface area contributed by atoms with Crippen molar-refractivity contribution >= 4 is 27.9 Å². The summed E-state index contributed by atoms with van der Waals surface area (Å²) in [5, 5.41) is 1.20. The van der Waals surface area contributed by atoms with E-state index in [1.54, 1.807) is 0 Å². The third-order valence-electron chi connectivity index (χ3n) is 1.85. The third-order valence-corrected chi connectivity index (χ3v) is 4.21. The normalized spacial score (nSPS) is 19.2. The molecule has 1 fully saturated rings. The van der Waals surface area contributed by atoms with E-state index >= 15 is 0 Å². The molecule has 1 rings (SSSR count). The molecule has 0 bridgehead atoms. The summed E-state index contributed by atoms with van der Waals surface area (Å²) in [6, 6.07) is 0.530. The van der Waals surface area contributed by atoms with Crippen LogP contribution in [0.1, 0.15) is 33.6 Å². The number of rotatable bonds is 4. The van der Waals surface area contributed by atoms with Gasteiger partial charge in [-0.3, -0.25) is 4.99 Å². The molecule has 0 aromatic heterocycles. The summed E-state index contributed by atoms with van der Waals surface area (Å²) >= 11 is 3.76. The zero-order valence-electron chi connectivity index (χ0n) is 8.04. The molecule has 3 heteroatoms. The number of hydrogen-bond acceptors (Lipinski definition) is 3. The summed E-state index contributed by atoms with van der Waals surface area (Å²) < 4.78 is 1.30. The molecule has 12 heavy (non-hydrogen) atoms. The van der Waals surface area contributed by atoms with Gasteiger partial charge >= 0.3 is 0 Å². The molecule has 70 valence electrons. The molecule has 0 spiro atoms. The van der Waals surface area contributed by atoms with Gasteiger partial charge in [-0.1, -0.05) is 37.4 Å². The van der Waals surface area contributed by atoms with Gasteiger partial charge in [-0.2, -0.15) is 0 Å². The van der Waals surface area contributed by atoms with Gasteiger partial charge in [-0.15, -0.1) is 0 Å². The maximum Gasteiger partial charge on any atom is 0.126 e. The van der Waals surface area contributed by atoms with Crippen LogP contribution in [0, 0.1) is 5.92 Å². The van der Waals surface area contributed by atoms with Crippen molar-refractivity contribution in [2.24, 2.45) is 10.9 Å². The molecule has 1 heterocycles. The number of thioether (sulfide) groups is 2. The molecule has 1 aliphatic rings. The summed E-state index contributed by atoms with van der Waals surface area (Å²) in [6.07, 6.45) is 2.54. The van der Waals surface area contributed by atoms with E-state index < -0.39 is 0 Å². The van der Waals surface area contributed by atoms with E-state index in [0.29, 0.717) is 6.04 Å². The van der Waals surface area contributed by atoms with Crippen molar-refractivity contribution in [1.82, 2.24) is 0 Å². The van der Waals surface area contributed by atoms with Gasteiger partial charge in [0.25, 0.3) is 0 Å². The van der Waals surface area contributed by atoms with E-state index in [4.69, 9.17) is 0 Å². The SMILES string of the molecule is CC(C)CCC(C)N=C1SCS1. The van der Waals surface area contributed by atoms with E-state index in [2.05, 4.69) is 25.8 Å². The highest BCUT2D eigenvalue weighted by Crippen LogP contribution is 2.33. The molecular weight excluding hydrogens is 186 g/mol. The predicted octanol–water partition coefficient (Wildman–Crippen LogP) is 3.60. The summed E-state index contributed by atoms with van der Waals surface area (Å²) in [7, 11) is 0. The Kier molecular flexibility index (Phi) is 4.51. The average molecular weight is 203 g/mol. The Bertz CT molecular complexity index is 160. The van der Waals surface area contributed by atoms with Crippen LogP contribution >= 0.6 is 23.5 Å². The van der Waals surface area contributed by atoms with Gasteiger partial charge in [-0.05, 0) is 25.7 Å². The predicted molar refractivity (Wildman–Crippen MR) is 61.0 cm³/mol. The van der Waals surface area contributed by atoms with Crippen LogP contribution in [0.3, 0.4) is 0 Å². The molecule has 1 aliphatic heterocycles. The van der Waals surface area contributed by atoms with Crippen molar-refractivity contribution < 1.29 is 0 Å². The van der Waals surface area contributed by atoms with E-state index in [1.807, 2.05) is 23.5 Å². The third kappa shape index (κ3) is 3.85. The van der Waals surface area contributed by atoms with Crippen molar-refractivity contribution in [1.29, 1.82) is 0 Å². The first-order valence-corrected chi connectivity index (χ1v) is 6.49. The second-order valence-corrected chi connectivity index (χ2v) is 6.17. The van der Waals surface area contributed by atoms with E-state index in [9.17, 15) is 0 Å². The summed E-state index contributed by atoms with van der Waals surface area (Å²) in [6.45, 7) is 6.76. The van der Waals surface area contributed by atoms with Gasteiger partial charge in [0.2, 0.25) is 0 Å². The first kappa shape index (κ1) is 10.5. The summed E-state index contributed by atoms with van der Waals surface area (Å²) in [4.78, 5) is 4.60. The van der Waals surface area contributed by atoms with Crippen LogP contribution < -0.4 is 0 Å². The molecule has 0 aliphatic carbocycles. The first-order valence-electron chi connectivity index (χ1n) is 4.52. The van der Waals surface area contributed by atoms with Gasteiger partial charge in [0, 0.05) is 6.04 Å². The van der Waals surface area contributed by atoms with Gasteiger partial charge in [0.1, 0.15) is 4.38 Å². The molecule has 0 N–H and O–H groups in total. The molecule has 0 amide bonds. The molecule has 1 unspecified atom stereocenters. The zero-order chi connectivity index (χ0) is 8.97. The Morgan fingerprint density at radius 2 is 1.92 bits per heavy atom. The van der Waals surface area contributed by atoms with Crippen LogP contribution in [0.2, 0.25) is 0 Å². The van der Waals surface area contributed by atoms with Crippen LogP contribution in [0.15, 0.2) is 4.99 Å². The summed E-state index contributed by atoms with van der Waals surface area (Å²) in [5.41, 5.74) is 0. The minimum absolute atomic E-state index is 0.530. The highest BCUT2D eigenvalue weighted by Gasteiger charge is 2.13. The molecule has 1 saturated heterocycles. The van der Waals surface area contributed by atoms with Crippen molar-refractivity contribution in [3.05, 3.63) is 0 Å². The van der Waals surface area contributed by atoms with Crippen LogP contribution in [0.5, 0.6) is 0 Å². The topological polar surface area (TPSA) is 12.4 Å². The van der Waals surface area contributed by atoms with Gasteiger partial charge in [0.15, 0.2) is 0 Å². The van der Waals surface area contributed by atoms with Crippen LogP contribution in [-0.4, -0.2) is 15.5 Å². The van der Waals surface area contributed by atoms with Crippen molar-refractivity contribution in [2.45, 2.75) is 39.7 Å². The quantitative estimate of drug-likeness (QED) is 0.692. The number of nitrogens with zero attached hydrogens (tertiary/aromatic N) is 1. The summed E-state index contributed by atoms with van der Waals surface area (Å²) in [5.74, 6) is 0.814. The lowest BCUT2D eigenvalue weighted by atomic mass is 10.1. The Morgan fingerprint density at radius 1 is 1.25 bits per heavy atom. The molecule has 1 nitrogen and oxygen atoms in total. The van der Waals surface area contributed by atoms with E-state index in [1.165, 1.54) is 22.3 Å². The second kappa shape index (κ2) is 5.18. The standard InChI is InChI=1S/C9H17NS2/c1-7(2)4-5-8(3)10-9-11-6-12-9/h7-8H,4-6H2,1-3H3. The monoisotopic (exact) mass is 203 g/mol. The number of hydrogen-bond donors (Lipinski definition) is 0. The van der Waals surface area contributed by atoms with Crippen molar-refractivity contribution in [3.8, 4) is 0 Å². The minimum Gasteiger partial charge on any atom is -0.269 e. The molecule has 0 aromatic carbocycles. The van der Waals surface area contributed by atoms with Crippen LogP contribution in [0.4, 0.5) is 0 Å². The molecular formula is C9H17NS2. The molecule has 0 saturated carbocycles. The van der Waals surface area contributed by atoms with Crippen LogP contribution in [0.25, 0.3) is 0 Å². The Hall–Kier alpha value is 0.370. The highest BCUT2D eigenvalue weighted by molar-refractivity contribution is 8.52. The Balaban J connectivity index is 2.14. The van der Waals surface area contributed by atoms with Gasteiger partial charge in [-0.25, -0.2) is 0 Å². The Labute approximate surface area is 83.8 Å². The molecule has 1 atom stereocenters. The zero-order valence-corrected chi connectivity index (χ0v) is 9.67. The van der Waals surface area contributed by atoms with Crippen LogP contribution in [-0.2, 0) is 0 Å². The average Bonchev–Trinajstić information content (AvgIpc) is 1.93. The fraction of sp³-hybridized carbons (Fsp3) is 0.889. The van der Waals surface area contributed by atoms with Gasteiger partial charge < -0.3 is 0 Å². The fourth-order valence-electron chi connectivity index (χ4n) is 1.01. The van der Waals surface area contributed by atoms with Crippen molar-refractivity contribution in [2.75, 3.05) is 5.08 Å². The lowest BCUT2D eigenvalue weighted by molar-refractivity contribution is 0.516. The highest BCUT2D eigenvalue weighted by atomic mass is 32.3. The molecule has 0 radical (unpaired) electrons. The van der Waals surface area contributed by atoms with E-state index in [-0.39, 0.29) is 0 Å². The van der Waals surface area contributed by atoms with E-state index in [0.717, 1.165) is 5.92 Å². The van der Waals surface area contributed by atoms with Gasteiger partial charge in [0.05, 0.1) is 5.08 Å². The minimum atomic E-state index is 0.530. The lowest BCUT2D eigenvalue weighted by Crippen LogP contribution is -2.07. The maximum absolute atomic E-state index is 4.60. The first-order chi connectivity index (χ1) is 5.68. The smallest absolute Gasteiger partial charge is 0.126 e. The Morgan fingerprint density at radius 3 is 2.33 bits per heavy atom. The molecule has 0 aromatic rings. The maximum atomic E-state index is 4.60. The largest absolute Gasteiger partial charge is 0.269 e. The number of aliphatic imine (C=N–C) groups is 1. The second-order valence-electron chi connectivity index (χ2n) is 3.62. The fourth-order valence-corrected chi connectivity index (χ4v) is 2.41. The van der Waals surface area contributed by atoms with Crippen molar-refractivity contribution in [3.63, 3.8) is 0 Å².